The fourth-order valence-corrected chi connectivity index (χ4v) is 3.91. The summed E-state index contributed by atoms with van der Waals surface area (Å²) in [5.74, 6) is -1.74. The van der Waals surface area contributed by atoms with Gasteiger partial charge in [-0.05, 0) is 0 Å². The van der Waals surface area contributed by atoms with Crippen LogP contribution in [0, 0.1) is 5.41 Å². The molecule has 4 rings (SSSR count). The Morgan fingerprint density at radius 2 is 1.93 bits per heavy atom. The van der Waals surface area contributed by atoms with Crippen molar-refractivity contribution in [3.63, 3.8) is 0 Å². The highest BCUT2D eigenvalue weighted by atomic mass is 16.6. The average molecular weight is 414 g/mol. The quantitative estimate of drug-likeness (QED) is 0.601. The van der Waals surface area contributed by atoms with E-state index in [1.54, 1.807) is 38.1 Å². The van der Waals surface area contributed by atoms with Crippen LogP contribution in [-0.2, 0) is 30.2 Å². The van der Waals surface area contributed by atoms with Gasteiger partial charge in [0.15, 0.2) is 0 Å². The van der Waals surface area contributed by atoms with Crippen molar-refractivity contribution in [1.82, 2.24) is 0 Å². The zero-order chi connectivity index (χ0) is 21.6. The Balaban J connectivity index is 1.76. The van der Waals surface area contributed by atoms with E-state index in [0.29, 0.717) is 22.1 Å². The molecule has 2 atom stereocenters. The standard InChI is InChI=1S/C22H22O8/c1-22(2)10-28-21(26)19(22)30-20(25)16-14-8-11(9-15(23)27-3)29-18(14)13-7-5-4-6-12(13)17(16)24/h4-7,11,19,24H,8-10H2,1-3H3/t11?,19-/m0/s1. The largest absolute Gasteiger partial charge is 0.506 e. The number of hydrogen-bond donors (Lipinski definition) is 1. The molecule has 0 aliphatic carbocycles. The number of esters is 3. The molecular formula is C22H22O8. The van der Waals surface area contributed by atoms with E-state index in [2.05, 4.69) is 0 Å². The van der Waals surface area contributed by atoms with Crippen molar-refractivity contribution in [2.45, 2.75) is 38.9 Å². The maximum Gasteiger partial charge on any atom is 0.348 e. The Morgan fingerprint density at radius 3 is 2.57 bits per heavy atom. The number of aromatic hydroxyl groups is 1. The van der Waals surface area contributed by atoms with E-state index < -0.39 is 35.5 Å². The zero-order valence-corrected chi connectivity index (χ0v) is 16.9. The number of ether oxygens (including phenoxy) is 4. The van der Waals surface area contributed by atoms with Crippen LogP contribution in [0.5, 0.6) is 11.5 Å². The van der Waals surface area contributed by atoms with Gasteiger partial charge in [-0.15, -0.1) is 0 Å². The average Bonchev–Trinajstić information content (AvgIpc) is 3.23. The predicted octanol–water partition coefficient (Wildman–Crippen LogP) is 2.52. The van der Waals surface area contributed by atoms with Gasteiger partial charge in [0.2, 0.25) is 6.10 Å². The lowest BCUT2D eigenvalue weighted by Crippen LogP contribution is -2.35. The van der Waals surface area contributed by atoms with Crippen LogP contribution in [0.4, 0.5) is 0 Å². The molecule has 2 aromatic carbocycles. The van der Waals surface area contributed by atoms with Crippen molar-refractivity contribution < 1.29 is 38.4 Å². The highest BCUT2D eigenvalue weighted by Gasteiger charge is 2.47. The summed E-state index contributed by atoms with van der Waals surface area (Å²) in [6.45, 7) is 3.65. The second-order valence-corrected chi connectivity index (χ2v) is 8.18. The van der Waals surface area contributed by atoms with Crippen molar-refractivity contribution in [1.29, 1.82) is 0 Å². The molecule has 8 heteroatoms. The molecule has 0 spiro atoms. The minimum atomic E-state index is -1.08. The third-order valence-electron chi connectivity index (χ3n) is 5.52. The van der Waals surface area contributed by atoms with Crippen molar-refractivity contribution in [3.05, 3.63) is 35.4 Å². The van der Waals surface area contributed by atoms with Crippen LogP contribution in [0.2, 0.25) is 0 Å². The lowest BCUT2D eigenvalue weighted by Gasteiger charge is -2.22. The van der Waals surface area contributed by atoms with Crippen molar-refractivity contribution in [2.24, 2.45) is 5.41 Å². The molecule has 158 valence electrons. The van der Waals surface area contributed by atoms with Crippen LogP contribution < -0.4 is 4.74 Å². The third kappa shape index (κ3) is 3.22. The van der Waals surface area contributed by atoms with Crippen LogP contribution in [0.25, 0.3) is 10.8 Å². The summed E-state index contributed by atoms with van der Waals surface area (Å²) in [5.41, 5.74) is -0.312. The topological polar surface area (TPSA) is 108 Å². The molecule has 0 aromatic heterocycles. The van der Waals surface area contributed by atoms with Crippen molar-refractivity contribution in [3.8, 4) is 11.5 Å². The number of carbonyl (C=O) groups is 3. The number of carbonyl (C=O) groups excluding carboxylic acids is 3. The molecule has 0 bridgehead atoms. The summed E-state index contributed by atoms with van der Waals surface area (Å²) in [4.78, 5) is 36.9. The molecule has 2 aromatic rings. The fourth-order valence-electron chi connectivity index (χ4n) is 3.91. The second kappa shape index (κ2) is 7.19. The Morgan fingerprint density at radius 1 is 1.23 bits per heavy atom. The minimum Gasteiger partial charge on any atom is -0.506 e. The van der Waals surface area contributed by atoms with E-state index in [1.165, 1.54) is 7.11 Å². The number of phenolic OH excluding ortho intramolecular Hbond substituents is 1. The first-order valence-electron chi connectivity index (χ1n) is 9.60. The van der Waals surface area contributed by atoms with E-state index in [-0.39, 0.29) is 30.8 Å². The van der Waals surface area contributed by atoms with Gasteiger partial charge in [-0.25, -0.2) is 9.59 Å². The van der Waals surface area contributed by atoms with Gasteiger partial charge >= 0.3 is 17.9 Å². The van der Waals surface area contributed by atoms with Gasteiger partial charge in [0.1, 0.15) is 29.8 Å². The summed E-state index contributed by atoms with van der Waals surface area (Å²) in [6.07, 6.45) is -1.42. The monoisotopic (exact) mass is 414 g/mol. The SMILES string of the molecule is COC(=O)CC1Cc2c(C(=O)O[C@H]3C(=O)OCC3(C)C)c(O)c3ccccc3c2O1. The van der Waals surface area contributed by atoms with Crippen LogP contribution in [0.3, 0.4) is 0 Å². The normalized spacial score (nSPS) is 21.6. The van der Waals surface area contributed by atoms with Gasteiger partial charge in [-0.2, -0.15) is 0 Å². The lowest BCUT2D eigenvalue weighted by molar-refractivity contribution is -0.145. The van der Waals surface area contributed by atoms with Gasteiger partial charge in [0.25, 0.3) is 0 Å². The predicted molar refractivity (Wildman–Crippen MR) is 104 cm³/mol. The third-order valence-corrected chi connectivity index (χ3v) is 5.52. The first-order chi connectivity index (χ1) is 14.2. The first kappa shape index (κ1) is 20.0. The molecule has 0 saturated carbocycles. The maximum atomic E-state index is 13.1. The Kier molecular flexibility index (Phi) is 4.80. The van der Waals surface area contributed by atoms with Crippen LogP contribution >= 0.6 is 0 Å². The summed E-state index contributed by atoms with van der Waals surface area (Å²) in [6, 6.07) is 6.93. The Labute approximate surface area is 172 Å². The summed E-state index contributed by atoms with van der Waals surface area (Å²) in [7, 11) is 1.29. The molecule has 1 unspecified atom stereocenters. The van der Waals surface area contributed by atoms with Crippen LogP contribution in [0.1, 0.15) is 36.2 Å². The first-order valence-corrected chi connectivity index (χ1v) is 9.60. The highest BCUT2D eigenvalue weighted by molar-refractivity contribution is 6.06. The molecular weight excluding hydrogens is 392 g/mol. The number of fused-ring (bicyclic) bond motifs is 3. The van der Waals surface area contributed by atoms with Gasteiger partial charge in [0, 0.05) is 28.2 Å². The van der Waals surface area contributed by atoms with Gasteiger partial charge in [-0.3, -0.25) is 4.79 Å². The second-order valence-electron chi connectivity index (χ2n) is 8.18. The van der Waals surface area contributed by atoms with Crippen molar-refractivity contribution >= 4 is 28.7 Å². The molecule has 30 heavy (non-hydrogen) atoms. The number of phenols is 1. The molecule has 1 N–H and O–H groups in total. The summed E-state index contributed by atoms with van der Waals surface area (Å²) < 4.78 is 21.2. The zero-order valence-electron chi connectivity index (χ0n) is 16.9. The number of benzene rings is 2. The molecule has 1 saturated heterocycles. The van der Waals surface area contributed by atoms with Gasteiger partial charge in [-0.1, -0.05) is 38.1 Å². The summed E-state index contributed by atoms with van der Waals surface area (Å²) in [5, 5.41) is 11.9. The molecule has 2 aliphatic rings. The van der Waals surface area contributed by atoms with Crippen molar-refractivity contribution in [2.75, 3.05) is 13.7 Å². The van der Waals surface area contributed by atoms with Crippen LogP contribution in [0.15, 0.2) is 24.3 Å². The number of methoxy groups -OCH3 is 1. The number of hydrogen-bond acceptors (Lipinski definition) is 8. The minimum absolute atomic E-state index is 0.00324. The van der Waals surface area contributed by atoms with E-state index in [1.807, 2.05) is 0 Å². The molecule has 2 heterocycles. The number of cyclic esters (lactones) is 1. The van der Waals surface area contributed by atoms with Gasteiger partial charge in [0.05, 0.1) is 13.5 Å². The summed E-state index contributed by atoms with van der Waals surface area (Å²) >= 11 is 0. The molecule has 2 aliphatic heterocycles. The number of rotatable bonds is 4. The fraction of sp³-hybridized carbons (Fsp3) is 0.409. The van der Waals surface area contributed by atoms with E-state index in [9.17, 15) is 19.5 Å². The van der Waals surface area contributed by atoms with E-state index in [4.69, 9.17) is 18.9 Å². The van der Waals surface area contributed by atoms with Crippen LogP contribution in [-0.4, -0.2) is 48.9 Å². The molecule has 0 radical (unpaired) electrons. The maximum absolute atomic E-state index is 13.1. The molecule has 1 fully saturated rings. The molecule has 0 amide bonds. The Bertz CT molecular complexity index is 1050. The highest BCUT2D eigenvalue weighted by Crippen LogP contribution is 2.45. The Hall–Kier alpha value is -3.29. The lowest BCUT2D eigenvalue weighted by atomic mass is 9.89. The smallest absolute Gasteiger partial charge is 0.348 e. The van der Waals surface area contributed by atoms with E-state index in [0.717, 1.165) is 0 Å². The molecule has 8 nitrogen and oxygen atoms in total. The van der Waals surface area contributed by atoms with Gasteiger partial charge < -0.3 is 24.1 Å². The van der Waals surface area contributed by atoms with E-state index >= 15 is 0 Å².